The van der Waals surface area contributed by atoms with Crippen LogP contribution in [0.5, 0.6) is 5.75 Å². The number of aryl methyl sites for hydroxylation is 1. The third kappa shape index (κ3) is 6.40. The number of ketones is 1. The molecule has 3 aromatic carbocycles. The van der Waals surface area contributed by atoms with Gasteiger partial charge in [0.2, 0.25) is 0 Å². The second kappa shape index (κ2) is 10.7. The fourth-order valence-corrected chi connectivity index (χ4v) is 3.90. The number of carbonyl (C=O) groups excluding carboxylic acids is 1. The number of piperidine rings is 1. The minimum atomic E-state index is 0.255. The van der Waals surface area contributed by atoms with Crippen LogP contribution in [0, 0.1) is 0 Å². The van der Waals surface area contributed by atoms with Crippen LogP contribution >= 0.6 is 0 Å². The summed E-state index contributed by atoms with van der Waals surface area (Å²) < 4.78 is 5.88. The van der Waals surface area contributed by atoms with Crippen molar-refractivity contribution in [2.24, 2.45) is 0 Å². The Hall–Kier alpha value is -3.17. The van der Waals surface area contributed by atoms with Gasteiger partial charge in [0.05, 0.1) is 6.61 Å². The summed E-state index contributed by atoms with van der Waals surface area (Å²) in [5.74, 6) is 1.13. The van der Waals surface area contributed by atoms with Crippen molar-refractivity contribution >= 4 is 11.9 Å². The number of likely N-dealkylation sites (tertiary alicyclic amines) is 1. The van der Waals surface area contributed by atoms with Crippen LogP contribution in [-0.2, 0) is 17.8 Å². The molecule has 3 aromatic rings. The lowest BCUT2D eigenvalue weighted by Crippen LogP contribution is -2.35. The minimum Gasteiger partial charge on any atom is -0.494 e. The van der Waals surface area contributed by atoms with E-state index in [1.165, 1.54) is 11.1 Å². The lowest BCUT2D eigenvalue weighted by Gasteiger charge is -2.27. The van der Waals surface area contributed by atoms with Gasteiger partial charge in [0.25, 0.3) is 0 Å². The normalized spacial score (nSPS) is 15.9. The largest absolute Gasteiger partial charge is 0.494 e. The average molecular weight is 412 g/mol. The zero-order valence-corrected chi connectivity index (χ0v) is 17.9. The molecule has 31 heavy (non-hydrogen) atoms. The molecule has 1 aliphatic rings. The second-order valence-corrected chi connectivity index (χ2v) is 8.05. The third-order valence-corrected chi connectivity index (χ3v) is 5.60. The standard InChI is InChI=1S/C28H29NO2/c30-28-17-18-29(21-25-10-5-2-6-11-25)22-26(28)20-24-13-15-27(16-14-24)31-19-7-12-23-8-3-1-4-9-23/h1-6,8-11,13-16,20H,7,12,17-19,21-22H2/b26-20+. The van der Waals surface area contributed by atoms with Gasteiger partial charge in [0, 0.05) is 31.6 Å². The van der Waals surface area contributed by atoms with Gasteiger partial charge in [-0.15, -0.1) is 0 Å². The number of carbonyl (C=O) groups is 1. The topological polar surface area (TPSA) is 29.5 Å². The average Bonchev–Trinajstić information content (AvgIpc) is 2.81. The van der Waals surface area contributed by atoms with E-state index >= 15 is 0 Å². The molecule has 3 heteroatoms. The highest BCUT2D eigenvalue weighted by atomic mass is 16.5. The van der Waals surface area contributed by atoms with Crippen molar-refractivity contribution in [3.63, 3.8) is 0 Å². The molecule has 0 amide bonds. The molecule has 0 unspecified atom stereocenters. The number of hydrogen-bond acceptors (Lipinski definition) is 3. The molecular weight excluding hydrogens is 382 g/mol. The highest BCUT2D eigenvalue weighted by molar-refractivity contribution is 6.00. The molecule has 0 aromatic heterocycles. The molecule has 1 saturated heterocycles. The molecule has 1 heterocycles. The smallest absolute Gasteiger partial charge is 0.161 e. The molecular formula is C28H29NO2. The van der Waals surface area contributed by atoms with Gasteiger partial charge in [-0.3, -0.25) is 9.69 Å². The van der Waals surface area contributed by atoms with Gasteiger partial charge in [0.1, 0.15) is 5.75 Å². The Kier molecular flexibility index (Phi) is 7.30. The minimum absolute atomic E-state index is 0.255. The van der Waals surface area contributed by atoms with Crippen LogP contribution in [0.1, 0.15) is 29.5 Å². The summed E-state index contributed by atoms with van der Waals surface area (Å²) in [5, 5.41) is 0. The Bertz CT molecular complexity index is 994. The van der Waals surface area contributed by atoms with E-state index < -0.39 is 0 Å². The SMILES string of the molecule is O=C1CCN(Cc2ccccc2)C/C1=C\c1ccc(OCCCc2ccccc2)cc1. The Morgan fingerprint density at radius 1 is 0.839 bits per heavy atom. The first-order valence-corrected chi connectivity index (χ1v) is 11.0. The van der Waals surface area contributed by atoms with Crippen LogP contribution in [0.3, 0.4) is 0 Å². The van der Waals surface area contributed by atoms with E-state index in [9.17, 15) is 4.79 Å². The van der Waals surface area contributed by atoms with E-state index in [0.29, 0.717) is 19.6 Å². The lowest BCUT2D eigenvalue weighted by atomic mass is 9.99. The maximum Gasteiger partial charge on any atom is 0.161 e. The van der Waals surface area contributed by atoms with Gasteiger partial charge in [-0.1, -0.05) is 72.8 Å². The quantitative estimate of drug-likeness (QED) is 0.359. The van der Waals surface area contributed by atoms with Gasteiger partial charge in [-0.25, -0.2) is 0 Å². The fraction of sp³-hybridized carbons (Fsp3) is 0.250. The monoisotopic (exact) mass is 411 g/mol. The van der Waals surface area contributed by atoms with Gasteiger partial charge < -0.3 is 4.74 Å². The van der Waals surface area contributed by atoms with Crippen LogP contribution in [0.4, 0.5) is 0 Å². The molecule has 0 aliphatic carbocycles. The third-order valence-electron chi connectivity index (χ3n) is 5.60. The number of Topliss-reactive ketones (excluding diaryl/α,β-unsaturated/α-hetero) is 1. The van der Waals surface area contributed by atoms with E-state index in [0.717, 1.165) is 42.8 Å². The second-order valence-electron chi connectivity index (χ2n) is 8.05. The zero-order chi connectivity index (χ0) is 21.3. The molecule has 1 fully saturated rings. The predicted molar refractivity (Wildman–Crippen MR) is 126 cm³/mol. The van der Waals surface area contributed by atoms with E-state index in [1.807, 2.05) is 42.5 Å². The Morgan fingerprint density at radius 3 is 2.23 bits per heavy atom. The van der Waals surface area contributed by atoms with Crippen molar-refractivity contribution in [2.45, 2.75) is 25.8 Å². The predicted octanol–water partition coefficient (Wildman–Crippen LogP) is 5.56. The fourth-order valence-electron chi connectivity index (χ4n) is 3.90. The van der Waals surface area contributed by atoms with E-state index in [2.05, 4.69) is 53.4 Å². The van der Waals surface area contributed by atoms with Crippen LogP contribution < -0.4 is 4.74 Å². The molecule has 0 N–H and O–H groups in total. The van der Waals surface area contributed by atoms with E-state index in [4.69, 9.17) is 4.74 Å². The summed E-state index contributed by atoms with van der Waals surface area (Å²) in [5.41, 5.74) is 4.55. The van der Waals surface area contributed by atoms with Crippen LogP contribution in [0.25, 0.3) is 6.08 Å². The summed E-state index contributed by atoms with van der Waals surface area (Å²) in [6.07, 6.45) is 4.62. The number of ether oxygens (including phenoxy) is 1. The van der Waals surface area contributed by atoms with Crippen molar-refractivity contribution in [2.75, 3.05) is 19.7 Å². The summed E-state index contributed by atoms with van der Waals surface area (Å²) in [6, 6.07) is 29.0. The maximum absolute atomic E-state index is 12.4. The van der Waals surface area contributed by atoms with Gasteiger partial charge >= 0.3 is 0 Å². The molecule has 0 spiro atoms. The van der Waals surface area contributed by atoms with Gasteiger partial charge in [-0.2, -0.15) is 0 Å². The van der Waals surface area contributed by atoms with E-state index in [-0.39, 0.29) is 5.78 Å². The van der Waals surface area contributed by atoms with E-state index in [1.54, 1.807) is 0 Å². The number of nitrogens with zero attached hydrogens (tertiary/aromatic N) is 1. The summed E-state index contributed by atoms with van der Waals surface area (Å²) in [7, 11) is 0. The summed E-state index contributed by atoms with van der Waals surface area (Å²) in [6.45, 7) is 3.09. The maximum atomic E-state index is 12.4. The molecule has 4 rings (SSSR count). The Morgan fingerprint density at radius 2 is 1.52 bits per heavy atom. The first-order valence-electron chi connectivity index (χ1n) is 11.0. The highest BCUT2D eigenvalue weighted by Gasteiger charge is 2.21. The molecule has 0 saturated carbocycles. The first kappa shape index (κ1) is 21.1. The zero-order valence-electron chi connectivity index (χ0n) is 17.9. The lowest BCUT2D eigenvalue weighted by molar-refractivity contribution is -0.117. The molecule has 0 atom stereocenters. The van der Waals surface area contributed by atoms with Gasteiger partial charge in [-0.05, 0) is 47.7 Å². The van der Waals surface area contributed by atoms with Crippen molar-refractivity contribution in [3.05, 3.63) is 107 Å². The molecule has 0 radical (unpaired) electrons. The Labute approximate surface area is 185 Å². The first-order chi connectivity index (χ1) is 15.3. The van der Waals surface area contributed by atoms with Crippen LogP contribution in [-0.4, -0.2) is 30.4 Å². The summed E-state index contributed by atoms with van der Waals surface area (Å²) >= 11 is 0. The molecule has 3 nitrogen and oxygen atoms in total. The number of hydrogen-bond donors (Lipinski definition) is 0. The van der Waals surface area contributed by atoms with Crippen molar-refractivity contribution < 1.29 is 9.53 Å². The van der Waals surface area contributed by atoms with Crippen LogP contribution in [0.15, 0.2) is 90.5 Å². The van der Waals surface area contributed by atoms with Crippen molar-refractivity contribution in [1.29, 1.82) is 0 Å². The van der Waals surface area contributed by atoms with Crippen molar-refractivity contribution in [1.82, 2.24) is 4.90 Å². The molecule has 1 aliphatic heterocycles. The molecule has 158 valence electrons. The number of rotatable bonds is 8. The van der Waals surface area contributed by atoms with Gasteiger partial charge in [0.15, 0.2) is 5.78 Å². The van der Waals surface area contributed by atoms with Crippen LogP contribution in [0.2, 0.25) is 0 Å². The Balaban J connectivity index is 1.29. The number of benzene rings is 3. The summed E-state index contributed by atoms with van der Waals surface area (Å²) in [4.78, 5) is 14.8. The van der Waals surface area contributed by atoms with Crippen molar-refractivity contribution in [3.8, 4) is 5.75 Å². The highest BCUT2D eigenvalue weighted by Crippen LogP contribution is 2.20. The molecule has 0 bridgehead atoms.